The molecule has 1 aromatic rings. The summed E-state index contributed by atoms with van der Waals surface area (Å²) in [5, 5.41) is 3.62. The molecule has 18 heavy (non-hydrogen) atoms. The fraction of sp³-hybridized carbons (Fsp3) is 0.625. The molecule has 2 heteroatoms. The average Bonchev–Trinajstić information content (AvgIpc) is 2.40. The van der Waals surface area contributed by atoms with Crippen molar-refractivity contribution in [2.75, 3.05) is 33.2 Å². The lowest BCUT2D eigenvalue weighted by Crippen LogP contribution is -2.37. The predicted molar refractivity (Wildman–Crippen MR) is 77.9 cm³/mol. The van der Waals surface area contributed by atoms with Crippen LogP contribution in [-0.2, 0) is 6.42 Å². The number of hydrogen-bond donors (Lipinski definition) is 1. The zero-order valence-corrected chi connectivity index (χ0v) is 11.6. The maximum absolute atomic E-state index is 3.62. The zero-order chi connectivity index (χ0) is 12.6. The lowest BCUT2D eigenvalue weighted by atomic mass is 9.98. The van der Waals surface area contributed by atoms with E-state index in [4.69, 9.17) is 0 Å². The highest BCUT2D eigenvalue weighted by molar-refractivity contribution is 5.14. The number of hydrogen-bond acceptors (Lipinski definition) is 2. The Kier molecular flexibility index (Phi) is 5.69. The Morgan fingerprint density at radius 2 is 2.11 bits per heavy atom. The van der Waals surface area contributed by atoms with E-state index in [1.165, 1.54) is 50.9 Å². The van der Waals surface area contributed by atoms with Crippen molar-refractivity contribution >= 4 is 0 Å². The summed E-state index contributed by atoms with van der Waals surface area (Å²) in [4.78, 5) is 2.46. The number of rotatable bonds is 6. The highest BCUT2D eigenvalue weighted by atomic mass is 15.1. The molecule has 0 aromatic heterocycles. The van der Waals surface area contributed by atoms with E-state index in [9.17, 15) is 0 Å². The van der Waals surface area contributed by atoms with Gasteiger partial charge in [-0.05, 0) is 63.8 Å². The van der Waals surface area contributed by atoms with Crippen LogP contribution in [0.25, 0.3) is 0 Å². The topological polar surface area (TPSA) is 15.3 Å². The Morgan fingerprint density at radius 3 is 2.89 bits per heavy atom. The van der Waals surface area contributed by atoms with E-state index < -0.39 is 0 Å². The van der Waals surface area contributed by atoms with Crippen molar-refractivity contribution in [3.8, 4) is 0 Å². The highest BCUT2D eigenvalue weighted by Gasteiger charge is 2.16. The first kappa shape index (κ1) is 13.6. The summed E-state index contributed by atoms with van der Waals surface area (Å²) in [5.74, 6) is 0.862. The lowest BCUT2D eigenvalue weighted by molar-refractivity contribution is 0.206. The zero-order valence-electron chi connectivity index (χ0n) is 11.6. The summed E-state index contributed by atoms with van der Waals surface area (Å²) in [7, 11) is 2.24. The molecule has 0 aliphatic carbocycles. The molecule has 0 bridgehead atoms. The van der Waals surface area contributed by atoms with Crippen LogP contribution >= 0.6 is 0 Å². The van der Waals surface area contributed by atoms with E-state index in [0.717, 1.165) is 12.5 Å². The van der Waals surface area contributed by atoms with Crippen LogP contribution in [0.4, 0.5) is 0 Å². The third-order valence-corrected chi connectivity index (χ3v) is 3.82. The average molecular weight is 246 g/mol. The van der Waals surface area contributed by atoms with Gasteiger partial charge in [0.1, 0.15) is 0 Å². The summed E-state index contributed by atoms with van der Waals surface area (Å²) in [6, 6.07) is 10.8. The normalized spacial score (nSPS) is 21.1. The van der Waals surface area contributed by atoms with Crippen LogP contribution in [-0.4, -0.2) is 38.1 Å². The molecule has 0 amide bonds. The molecule has 1 atom stereocenters. The third kappa shape index (κ3) is 4.79. The van der Waals surface area contributed by atoms with Gasteiger partial charge in [-0.15, -0.1) is 0 Å². The second-order valence-electron chi connectivity index (χ2n) is 5.56. The van der Waals surface area contributed by atoms with Crippen LogP contribution in [0.2, 0.25) is 0 Å². The van der Waals surface area contributed by atoms with Gasteiger partial charge in [-0.25, -0.2) is 0 Å². The van der Waals surface area contributed by atoms with E-state index in [2.05, 4.69) is 47.6 Å². The summed E-state index contributed by atoms with van der Waals surface area (Å²) < 4.78 is 0. The molecular formula is C16H26N2. The minimum absolute atomic E-state index is 0.862. The van der Waals surface area contributed by atoms with Gasteiger partial charge in [-0.2, -0.15) is 0 Å². The number of nitrogens with one attached hydrogen (secondary N) is 1. The Balaban J connectivity index is 1.53. The molecule has 0 radical (unpaired) electrons. The Labute approximate surface area is 111 Å². The summed E-state index contributed by atoms with van der Waals surface area (Å²) in [6.45, 7) is 4.89. The van der Waals surface area contributed by atoms with E-state index in [0.29, 0.717) is 0 Å². The van der Waals surface area contributed by atoms with Crippen molar-refractivity contribution in [3.05, 3.63) is 35.9 Å². The molecule has 1 unspecified atom stereocenters. The maximum Gasteiger partial charge on any atom is 0.00187 e. The van der Waals surface area contributed by atoms with Crippen LogP contribution in [0, 0.1) is 5.92 Å². The van der Waals surface area contributed by atoms with Crippen LogP contribution in [0.15, 0.2) is 30.3 Å². The number of benzene rings is 1. The second-order valence-corrected chi connectivity index (χ2v) is 5.56. The standard InChI is InChI=1S/C16H26N2/c1-18-12-6-10-16(14-18)13-17-11-5-9-15-7-3-2-4-8-15/h2-4,7-8,16-17H,5-6,9-14H2,1H3. The van der Waals surface area contributed by atoms with Crippen molar-refractivity contribution in [3.63, 3.8) is 0 Å². The van der Waals surface area contributed by atoms with Crippen LogP contribution in [0.3, 0.4) is 0 Å². The van der Waals surface area contributed by atoms with Crippen molar-refractivity contribution in [2.45, 2.75) is 25.7 Å². The first-order valence-corrected chi connectivity index (χ1v) is 7.28. The van der Waals surface area contributed by atoms with Crippen molar-refractivity contribution in [2.24, 2.45) is 5.92 Å². The van der Waals surface area contributed by atoms with Crippen molar-refractivity contribution in [1.29, 1.82) is 0 Å². The van der Waals surface area contributed by atoms with Gasteiger partial charge in [0.25, 0.3) is 0 Å². The Morgan fingerprint density at radius 1 is 1.28 bits per heavy atom. The van der Waals surface area contributed by atoms with Gasteiger partial charge >= 0.3 is 0 Å². The molecule has 1 heterocycles. The minimum Gasteiger partial charge on any atom is -0.316 e. The molecule has 100 valence electrons. The summed E-state index contributed by atoms with van der Waals surface area (Å²) in [6.07, 6.45) is 5.20. The largest absolute Gasteiger partial charge is 0.316 e. The van der Waals surface area contributed by atoms with Gasteiger partial charge in [0, 0.05) is 6.54 Å². The first-order valence-electron chi connectivity index (χ1n) is 7.28. The van der Waals surface area contributed by atoms with Gasteiger partial charge in [0.2, 0.25) is 0 Å². The van der Waals surface area contributed by atoms with Gasteiger partial charge < -0.3 is 10.2 Å². The molecule has 1 N–H and O–H groups in total. The van der Waals surface area contributed by atoms with E-state index in [-0.39, 0.29) is 0 Å². The van der Waals surface area contributed by atoms with Gasteiger partial charge in [-0.3, -0.25) is 0 Å². The van der Waals surface area contributed by atoms with Gasteiger partial charge in [0.15, 0.2) is 0 Å². The first-order chi connectivity index (χ1) is 8.84. The van der Waals surface area contributed by atoms with Gasteiger partial charge in [0.05, 0.1) is 0 Å². The van der Waals surface area contributed by atoms with E-state index in [1.54, 1.807) is 0 Å². The molecule has 1 fully saturated rings. The molecule has 1 aliphatic rings. The molecule has 2 nitrogen and oxygen atoms in total. The Bertz CT molecular complexity index is 323. The molecule has 0 saturated carbocycles. The Hall–Kier alpha value is -0.860. The smallest absolute Gasteiger partial charge is 0.00187 e. The summed E-state index contributed by atoms with van der Waals surface area (Å²) in [5.41, 5.74) is 1.46. The fourth-order valence-corrected chi connectivity index (χ4v) is 2.81. The number of likely N-dealkylation sites (tertiary alicyclic amines) is 1. The molecule has 1 aliphatic heterocycles. The molecule has 1 saturated heterocycles. The highest BCUT2D eigenvalue weighted by Crippen LogP contribution is 2.13. The van der Waals surface area contributed by atoms with Crippen LogP contribution in [0.1, 0.15) is 24.8 Å². The fourth-order valence-electron chi connectivity index (χ4n) is 2.81. The monoisotopic (exact) mass is 246 g/mol. The SMILES string of the molecule is CN1CCCC(CNCCCc2ccccc2)C1. The van der Waals surface area contributed by atoms with Crippen LogP contribution < -0.4 is 5.32 Å². The quantitative estimate of drug-likeness (QED) is 0.776. The van der Waals surface area contributed by atoms with Gasteiger partial charge in [-0.1, -0.05) is 30.3 Å². The van der Waals surface area contributed by atoms with E-state index in [1.807, 2.05) is 0 Å². The number of piperidine rings is 1. The lowest BCUT2D eigenvalue weighted by Gasteiger charge is -2.29. The van der Waals surface area contributed by atoms with E-state index >= 15 is 0 Å². The van der Waals surface area contributed by atoms with Crippen LogP contribution in [0.5, 0.6) is 0 Å². The van der Waals surface area contributed by atoms with Crippen molar-refractivity contribution in [1.82, 2.24) is 10.2 Å². The third-order valence-electron chi connectivity index (χ3n) is 3.82. The number of aryl methyl sites for hydroxylation is 1. The maximum atomic E-state index is 3.62. The molecule has 2 rings (SSSR count). The second kappa shape index (κ2) is 7.55. The number of nitrogens with zero attached hydrogens (tertiary/aromatic N) is 1. The molecule has 1 aromatic carbocycles. The summed E-state index contributed by atoms with van der Waals surface area (Å²) >= 11 is 0. The van der Waals surface area contributed by atoms with Crippen molar-refractivity contribution < 1.29 is 0 Å². The predicted octanol–water partition coefficient (Wildman–Crippen LogP) is 2.55. The minimum atomic E-state index is 0.862. The molecular weight excluding hydrogens is 220 g/mol. The molecule has 0 spiro atoms.